The van der Waals surface area contributed by atoms with Gasteiger partial charge in [0.2, 0.25) is 0 Å². The molecule has 0 aliphatic rings. The largest absolute Gasteiger partial charge is 0.494 e. The van der Waals surface area contributed by atoms with E-state index in [1.54, 1.807) is 13.8 Å². The van der Waals surface area contributed by atoms with Gasteiger partial charge in [0.05, 0.1) is 13.2 Å². The topological polar surface area (TPSA) is 61.5 Å². The van der Waals surface area contributed by atoms with Gasteiger partial charge in [-0.1, -0.05) is 0 Å². The maximum atomic E-state index is 13.3. The van der Waals surface area contributed by atoms with Gasteiger partial charge in [-0.2, -0.15) is 0 Å². The van der Waals surface area contributed by atoms with E-state index in [9.17, 15) is 9.18 Å². The van der Waals surface area contributed by atoms with Gasteiger partial charge in [-0.25, -0.2) is 9.18 Å². The fourth-order valence-corrected chi connectivity index (χ4v) is 1.58. The summed E-state index contributed by atoms with van der Waals surface area (Å²) in [6.07, 6.45) is 0. The van der Waals surface area contributed by atoms with E-state index in [0.29, 0.717) is 12.4 Å². The highest BCUT2D eigenvalue weighted by Gasteiger charge is 2.35. The van der Waals surface area contributed by atoms with Gasteiger partial charge in [0.25, 0.3) is 0 Å². The molecular formula is C13H18FNO3. The quantitative estimate of drug-likeness (QED) is 0.817. The number of nitrogens with two attached hydrogens (primary N) is 1. The van der Waals surface area contributed by atoms with E-state index >= 15 is 0 Å². The number of benzene rings is 1. The van der Waals surface area contributed by atoms with Crippen molar-refractivity contribution in [1.82, 2.24) is 0 Å². The lowest BCUT2D eigenvalue weighted by molar-refractivity contribution is -0.149. The molecule has 1 atom stereocenters. The monoisotopic (exact) mass is 255 g/mol. The third-order valence-corrected chi connectivity index (χ3v) is 2.50. The molecule has 1 aromatic carbocycles. The second-order valence-corrected chi connectivity index (χ2v) is 4.00. The number of rotatable bonds is 5. The molecule has 100 valence electrons. The lowest BCUT2D eigenvalue weighted by atomic mass is 9.92. The summed E-state index contributed by atoms with van der Waals surface area (Å²) in [4.78, 5) is 11.8. The van der Waals surface area contributed by atoms with Crippen molar-refractivity contribution < 1.29 is 18.7 Å². The fraction of sp³-hybridized carbons (Fsp3) is 0.462. The summed E-state index contributed by atoms with van der Waals surface area (Å²) in [7, 11) is 0. The van der Waals surface area contributed by atoms with E-state index in [1.807, 2.05) is 0 Å². The SMILES string of the molecule is CCOC(=O)C(C)(N)c1cc(F)ccc1OCC. The Morgan fingerprint density at radius 3 is 2.61 bits per heavy atom. The van der Waals surface area contributed by atoms with E-state index in [0.717, 1.165) is 0 Å². The zero-order valence-corrected chi connectivity index (χ0v) is 10.8. The maximum absolute atomic E-state index is 13.3. The Morgan fingerprint density at radius 2 is 2.06 bits per heavy atom. The van der Waals surface area contributed by atoms with Crippen LogP contribution in [0.15, 0.2) is 18.2 Å². The second-order valence-electron chi connectivity index (χ2n) is 4.00. The number of carbonyl (C=O) groups excluding carboxylic acids is 1. The second kappa shape index (κ2) is 5.82. The van der Waals surface area contributed by atoms with Gasteiger partial charge in [-0.05, 0) is 39.0 Å². The molecule has 0 aromatic heterocycles. The minimum atomic E-state index is -1.44. The average Bonchev–Trinajstić information content (AvgIpc) is 2.32. The molecule has 0 bridgehead atoms. The number of hydrogen-bond donors (Lipinski definition) is 1. The molecule has 5 heteroatoms. The van der Waals surface area contributed by atoms with E-state index in [4.69, 9.17) is 15.2 Å². The van der Waals surface area contributed by atoms with E-state index in [-0.39, 0.29) is 12.2 Å². The lowest BCUT2D eigenvalue weighted by Gasteiger charge is -2.25. The number of hydrogen-bond acceptors (Lipinski definition) is 4. The summed E-state index contributed by atoms with van der Waals surface area (Å²) in [6.45, 7) is 5.57. The van der Waals surface area contributed by atoms with Gasteiger partial charge in [0, 0.05) is 5.56 Å². The minimum absolute atomic E-state index is 0.213. The Bertz CT molecular complexity index is 432. The van der Waals surface area contributed by atoms with Crippen LogP contribution in [0.1, 0.15) is 26.3 Å². The van der Waals surface area contributed by atoms with Crippen molar-refractivity contribution in [3.8, 4) is 5.75 Å². The Kier molecular flexibility index (Phi) is 4.67. The third-order valence-electron chi connectivity index (χ3n) is 2.50. The molecule has 0 aliphatic carbocycles. The standard InChI is InChI=1S/C13H18FNO3/c1-4-17-11-7-6-9(14)8-10(11)13(3,15)12(16)18-5-2/h6-8H,4-5,15H2,1-3H3. The first-order chi connectivity index (χ1) is 8.43. The van der Waals surface area contributed by atoms with Gasteiger partial charge < -0.3 is 15.2 Å². The molecule has 18 heavy (non-hydrogen) atoms. The Labute approximate surface area is 106 Å². The van der Waals surface area contributed by atoms with Crippen LogP contribution >= 0.6 is 0 Å². The summed E-state index contributed by atoms with van der Waals surface area (Å²) in [5.74, 6) is -0.706. The first-order valence-corrected chi connectivity index (χ1v) is 5.82. The molecule has 0 fully saturated rings. The number of carbonyl (C=O) groups is 1. The van der Waals surface area contributed by atoms with Gasteiger partial charge in [0.15, 0.2) is 0 Å². The van der Waals surface area contributed by atoms with E-state index in [2.05, 4.69) is 0 Å². The van der Waals surface area contributed by atoms with Crippen LogP contribution in [-0.2, 0) is 15.1 Å². The van der Waals surface area contributed by atoms with Crippen LogP contribution < -0.4 is 10.5 Å². The molecule has 0 spiro atoms. The normalized spacial score (nSPS) is 13.8. The molecule has 2 N–H and O–H groups in total. The third kappa shape index (κ3) is 2.98. The van der Waals surface area contributed by atoms with Crippen LogP contribution in [0.5, 0.6) is 5.75 Å². The predicted molar refractivity (Wildman–Crippen MR) is 65.7 cm³/mol. The highest BCUT2D eigenvalue weighted by molar-refractivity contribution is 5.82. The Morgan fingerprint density at radius 1 is 1.39 bits per heavy atom. The lowest BCUT2D eigenvalue weighted by Crippen LogP contribution is -2.43. The summed E-state index contributed by atoms with van der Waals surface area (Å²) < 4.78 is 23.5. The summed E-state index contributed by atoms with van der Waals surface area (Å²) >= 11 is 0. The van der Waals surface area contributed by atoms with E-state index in [1.165, 1.54) is 25.1 Å². The van der Waals surface area contributed by atoms with Crippen molar-refractivity contribution in [2.24, 2.45) is 5.73 Å². The van der Waals surface area contributed by atoms with E-state index < -0.39 is 17.3 Å². The summed E-state index contributed by atoms with van der Waals surface area (Å²) in [6, 6.07) is 3.91. The summed E-state index contributed by atoms with van der Waals surface area (Å²) in [5, 5.41) is 0. The molecule has 0 radical (unpaired) electrons. The van der Waals surface area contributed by atoms with Crippen molar-refractivity contribution in [3.63, 3.8) is 0 Å². The van der Waals surface area contributed by atoms with Crippen LogP contribution in [0.2, 0.25) is 0 Å². The highest BCUT2D eigenvalue weighted by atomic mass is 19.1. The molecule has 0 heterocycles. The van der Waals surface area contributed by atoms with Gasteiger partial charge in [-0.15, -0.1) is 0 Å². The van der Waals surface area contributed by atoms with Crippen LogP contribution in [-0.4, -0.2) is 19.2 Å². The first-order valence-electron chi connectivity index (χ1n) is 5.82. The van der Waals surface area contributed by atoms with Gasteiger partial charge >= 0.3 is 5.97 Å². The Hall–Kier alpha value is -1.62. The molecule has 0 aliphatic heterocycles. The molecule has 1 unspecified atom stereocenters. The van der Waals surface area contributed by atoms with Gasteiger partial charge in [-0.3, -0.25) is 0 Å². The zero-order chi connectivity index (χ0) is 13.8. The highest BCUT2D eigenvalue weighted by Crippen LogP contribution is 2.30. The first kappa shape index (κ1) is 14.4. The molecule has 0 amide bonds. The van der Waals surface area contributed by atoms with Gasteiger partial charge in [0.1, 0.15) is 17.1 Å². The van der Waals surface area contributed by atoms with Crippen molar-refractivity contribution in [2.75, 3.05) is 13.2 Å². The molecule has 0 saturated heterocycles. The van der Waals surface area contributed by atoms with Crippen molar-refractivity contribution in [1.29, 1.82) is 0 Å². The predicted octanol–water partition coefficient (Wildman–Crippen LogP) is 1.96. The van der Waals surface area contributed by atoms with Crippen LogP contribution in [0.3, 0.4) is 0 Å². The van der Waals surface area contributed by atoms with Crippen LogP contribution in [0.4, 0.5) is 4.39 Å². The maximum Gasteiger partial charge on any atom is 0.330 e. The summed E-state index contributed by atoms with van der Waals surface area (Å²) in [5.41, 5.74) is 4.78. The molecule has 4 nitrogen and oxygen atoms in total. The van der Waals surface area contributed by atoms with Crippen LogP contribution in [0.25, 0.3) is 0 Å². The molecule has 1 aromatic rings. The van der Waals surface area contributed by atoms with Crippen LogP contribution in [0, 0.1) is 5.82 Å². The number of esters is 1. The number of halogens is 1. The average molecular weight is 255 g/mol. The smallest absolute Gasteiger partial charge is 0.330 e. The van der Waals surface area contributed by atoms with Crippen molar-refractivity contribution in [3.05, 3.63) is 29.6 Å². The fourth-order valence-electron chi connectivity index (χ4n) is 1.58. The van der Waals surface area contributed by atoms with Crippen molar-refractivity contribution >= 4 is 5.97 Å². The molecule has 1 rings (SSSR count). The number of ether oxygens (including phenoxy) is 2. The van der Waals surface area contributed by atoms with Crippen molar-refractivity contribution in [2.45, 2.75) is 26.3 Å². The molecular weight excluding hydrogens is 237 g/mol. The Balaban J connectivity index is 3.20. The minimum Gasteiger partial charge on any atom is -0.494 e. The zero-order valence-electron chi connectivity index (χ0n) is 10.8. The molecule has 0 saturated carbocycles.